The molecule has 1 amide bonds. The van der Waals surface area contributed by atoms with Crippen molar-refractivity contribution in [1.82, 2.24) is 5.43 Å². The lowest BCUT2D eigenvalue weighted by Gasteiger charge is -2.23. The van der Waals surface area contributed by atoms with E-state index < -0.39 is 0 Å². The largest absolute Gasteiger partial charge is 0.370 e. The van der Waals surface area contributed by atoms with Crippen molar-refractivity contribution >= 4 is 5.91 Å². The molecule has 1 aliphatic rings. The summed E-state index contributed by atoms with van der Waals surface area (Å²) in [5.74, 6) is -0.521. The highest BCUT2D eigenvalue weighted by Gasteiger charge is 2.17. The monoisotopic (exact) mass is 225 g/mol. The number of quaternary nitrogens is 1. The van der Waals surface area contributed by atoms with E-state index in [1.165, 1.54) is 24.3 Å². The zero-order valence-electron chi connectivity index (χ0n) is 8.83. The number of hydrogen-bond acceptors (Lipinski definition) is 2. The van der Waals surface area contributed by atoms with Gasteiger partial charge in [-0.1, -0.05) is 0 Å². The first-order chi connectivity index (χ1) is 7.75. The zero-order valence-corrected chi connectivity index (χ0v) is 8.83. The predicted molar refractivity (Wildman–Crippen MR) is 55.4 cm³/mol. The highest BCUT2D eigenvalue weighted by Crippen LogP contribution is 2.01. The average Bonchev–Trinajstić information content (AvgIpc) is 2.31. The van der Waals surface area contributed by atoms with E-state index in [9.17, 15) is 9.18 Å². The van der Waals surface area contributed by atoms with E-state index in [4.69, 9.17) is 4.74 Å². The summed E-state index contributed by atoms with van der Waals surface area (Å²) >= 11 is 0. The van der Waals surface area contributed by atoms with Gasteiger partial charge in [0, 0.05) is 5.56 Å². The summed E-state index contributed by atoms with van der Waals surface area (Å²) in [4.78, 5) is 11.7. The summed E-state index contributed by atoms with van der Waals surface area (Å²) < 4.78 is 17.8. The Labute approximate surface area is 93.0 Å². The van der Waals surface area contributed by atoms with Crippen LogP contribution in [0, 0.1) is 5.82 Å². The van der Waals surface area contributed by atoms with Crippen LogP contribution >= 0.6 is 0 Å². The number of halogens is 1. The molecule has 1 aromatic carbocycles. The summed E-state index contributed by atoms with van der Waals surface area (Å²) in [6.45, 7) is 2.82. The molecule has 86 valence electrons. The molecule has 0 bridgehead atoms. The smallest absolute Gasteiger partial charge is 0.295 e. The van der Waals surface area contributed by atoms with E-state index in [-0.39, 0.29) is 11.7 Å². The van der Waals surface area contributed by atoms with Crippen LogP contribution in [0.5, 0.6) is 0 Å². The molecule has 1 saturated heterocycles. The number of carbonyl (C=O) groups excluding carboxylic acids is 1. The van der Waals surface area contributed by atoms with Crippen molar-refractivity contribution in [2.75, 3.05) is 26.3 Å². The van der Waals surface area contributed by atoms with Crippen LogP contribution in [-0.2, 0) is 4.74 Å². The maximum Gasteiger partial charge on any atom is 0.295 e. The van der Waals surface area contributed by atoms with Gasteiger partial charge in [0.1, 0.15) is 18.9 Å². The van der Waals surface area contributed by atoms with Gasteiger partial charge < -0.3 is 4.74 Å². The third kappa shape index (κ3) is 2.77. The second kappa shape index (κ2) is 5.05. The molecule has 1 aliphatic heterocycles. The number of rotatable bonds is 2. The van der Waals surface area contributed by atoms with Gasteiger partial charge in [-0.2, -0.15) is 5.43 Å². The van der Waals surface area contributed by atoms with E-state index >= 15 is 0 Å². The van der Waals surface area contributed by atoms with E-state index in [0.717, 1.165) is 18.1 Å². The lowest BCUT2D eigenvalue weighted by molar-refractivity contribution is -0.942. The third-order valence-electron chi connectivity index (χ3n) is 2.49. The minimum Gasteiger partial charge on any atom is -0.370 e. The first-order valence-corrected chi connectivity index (χ1v) is 5.25. The molecule has 5 heteroatoms. The molecule has 0 aliphatic carbocycles. The van der Waals surface area contributed by atoms with Crippen LogP contribution in [0.25, 0.3) is 0 Å². The first kappa shape index (κ1) is 11.0. The van der Waals surface area contributed by atoms with E-state index in [1.807, 2.05) is 0 Å². The Morgan fingerprint density at radius 1 is 1.25 bits per heavy atom. The van der Waals surface area contributed by atoms with E-state index in [2.05, 4.69) is 5.43 Å². The molecule has 4 nitrogen and oxygen atoms in total. The maximum absolute atomic E-state index is 12.7. The summed E-state index contributed by atoms with van der Waals surface area (Å²) in [6, 6.07) is 5.52. The second-order valence-corrected chi connectivity index (χ2v) is 3.68. The molecule has 1 fully saturated rings. The van der Waals surface area contributed by atoms with Crippen molar-refractivity contribution < 1.29 is 18.9 Å². The van der Waals surface area contributed by atoms with Gasteiger partial charge in [0.25, 0.3) is 5.91 Å². The molecule has 2 rings (SSSR count). The summed E-state index contributed by atoms with van der Waals surface area (Å²) in [5, 5.41) is 0.987. The van der Waals surface area contributed by atoms with Crippen molar-refractivity contribution in [3.8, 4) is 0 Å². The first-order valence-electron chi connectivity index (χ1n) is 5.25. The Bertz CT molecular complexity index is 361. The van der Waals surface area contributed by atoms with Gasteiger partial charge in [-0.15, -0.1) is 0 Å². The number of ether oxygens (including phenoxy) is 1. The highest BCUT2D eigenvalue weighted by molar-refractivity contribution is 5.93. The Balaban J connectivity index is 1.94. The van der Waals surface area contributed by atoms with Gasteiger partial charge in [-0.3, -0.25) is 4.79 Å². The van der Waals surface area contributed by atoms with Crippen LogP contribution in [0.15, 0.2) is 24.3 Å². The Kier molecular flexibility index (Phi) is 3.48. The van der Waals surface area contributed by atoms with Gasteiger partial charge in [0.2, 0.25) is 0 Å². The van der Waals surface area contributed by atoms with E-state index in [1.54, 1.807) is 0 Å². The number of benzene rings is 1. The molecule has 2 N–H and O–H groups in total. The lowest BCUT2D eigenvalue weighted by atomic mass is 10.2. The number of hydrogen-bond donors (Lipinski definition) is 2. The quantitative estimate of drug-likeness (QED) is 0.705. The van der Waals surface area contributed by atoms with Gasteiger partial charge in [0.15, 0.2) is 0 Å². The summed E-state index contributed by atoms with van der Waals surface area (Å²) in [7, 11) is 0. The van der Waals surface area contributed by atoms with Gasteiger partial charge >= 0.3 is 0 Å². The normalized spacial score (nSPS) is 17.1. The van der Waals surface area contributed by atoms with Crippen LogP contribution in [0.2, 0.25) is 0 Å². The number of nitrogens with one attached hydrogen (secondary N) is 2. The highest BCUT2D eigenvalue weighted by atomic mass is 19.1. The standard InChI is InChI=1S/C11H13FN2O2/c12-10-3-1-9(2-4-10)11(15)13-14-5-7-16-8-6-14/h1-4H,5-8H2,(H,13,15)/p+1. The number of carbonyl (C=O) groups is 1. The number of amides is 1. The van der Waals surface area contributed by atoms with Crippen molar-refractivity contribution in [2.24, 2.45) is 0 Å². The van der Waals surface area contributed by atoms with Crippen molar-refractivity contribution in [1.29, 1.82) is 0 Å². The van der Waals surface area contributed by atoms with E-state index in [0.29, 0.717) is 18.8 Å². The molecule has 0 spiro atoms. The van der Waals surface area contributed by atoms with Gasteiger partial charge in [0.05, 0.1) is 13.2 Å². The molecule has 0 atom stereocenters. The Morgan fingerprint density at radius 3 is 2.50 bits per heavy atom. The molecular formula is C11H14FN2O2+. The predicted octanol–water partition coefficient (Wildman–Crippen LogP) is -0.614. The Hall–Kier alpha value is -1.46. The molecule has 0 aromatic heterocycles. The topological polar surface area (TPSA) is 42.8 Å². The average molecular weight is 225 g/mol. The number of morpholine rings is 1. The minimum absolute atomic E-state index is 0.183. The minimum atomic E-state index is -0.338. The molecular weight excluding hydrogens is 211 g/mol. The fraction of sp³-hybridized carbons (Fsp3) is 0.364. The van der Waals surface area contributed by atoms with Gasteiger partial charge in [-0.25, -0.2) is 9.40 Å². The van der Waals surface area contributed by atoms with Crippen molar-refractivity contribution in [3.63, 3.8) is 0 Å². The molecule has 0 radical (unpaired) electrons. The summed E-state index contributed by atoms with van der Waals surface area (Å²) in [5.41, 5.74) is 3.30. The van der Waals surface area contributed by atoms with Crippen LogP contribution in [0.1, 0.15) is 10.4 Å². The summed E-state index contributed by atoms with van der Waals surface area (Å²) in [6.07, 6.45) is 0. The van der Waals surface area contributed by atoms with Crippen LogP contribution in [0.3, 0.4) is 0 Å². The third-order valence-corrected chi connectivity index (χ3v) is 2.49. The van der Waals surface area contributed by atoms with Crippen LogP contribution < -0.4 is 10.4 Å². The SMILES string of the molecule is O=C(N[NH+]1CCOCC1)c1ccc(F)cc1. The van der Waals surface area contributed by atoms with Crippen LogP contribution in [0.4, 0.5) is 4.39 Å². The second-order valence-electron chi connectivity index (χ2n) is 3.68. The van der Waals surface area contributed by atoms with Crippen LogP contribution in [-0.4, -0.2) is 32.2 Å². The molecule has 0 unspecified atom stereocenters. The maximum atomic E-state index is 12.7. The molecule has 1 aromatic rings. The zero-order chi connectivity index (χ0) is 11.4. The fourth-order valence-corrected chi connectivity index (χ4v) is 1.58. The molecule has 0 saturated carbocycles. The van der Waals surface area contributed by atoms with Gasteiger partial charge in [-0.05, 0) is 24.3 Å². The molecule has 1 heterocycles. The molecule has 16 heavy (non-hydrogen) atoms. The van der Waals surface area contributed by atoms with Crippen molar-refractivity contribution in [3.05, 3.63) is 35.6 Å². The fourth-order valence-electron chi connectivity index (χ4n) is 1.58. The van der Waals surface area contributed by atoms with Crippen molar-refractivity contribution in [2.45, 2.75) is 0 Å². The Morgan fingerprint density at radius 2 is 1.88 bits per heavy atom. The lowest BCUT2D eigenvalue weighted by Crippen LogP contribution is -3.20.